The van der Waals surface area contributed by atoms with Gasteiger partial charge in [0.15, 0.2) is 0 Å². The Hall–Kier alpha value is 0.212. The van der Waals surface area contributed by atoms with Crippen LogP contribution in [0.5, 0.6) is 0 Å². The molecule has 1 N–H and O–H groups in total. The molecule has 1 saturated heterocycles. The molecule has 2 rings (SSSR count). The fraction of sp³-hybridized carbons (Fsp3) is 0.467. The van der Waals surface area contributed by atoms with E-state index < -0.39 is 5.60 Å². The van der Waals surface area contributed by atoms with Gasteiger partial charge in [0, 0.05) is 4.90 Å². The molecule has 1 aromatic rings. The molecule has 0 aliphatic carbocycles. The first-order valence-corrected chi connectivity index (χ1v) is 7.09. The van der Waals surface area contributed by atoms with E-state index in [9.17, 15) is 5.11 Å². The second-order valence-electron chi connectivity index (χ2n) is 4.63. The van der Waals surface area contributed by atoms with Crippen LogP contribution < -0.4 is 0 Å². The average Bonchev–Trinajstić information content (AvgIpc) is 2.28. The van der Waals surface area contributed by atoms with Crippen LogP contribution in [-0.2, 0) is 9.53 Å². The maximum Gasteiger partial charge on any atom is 2.00 e. The molecule has 1 heterocycles. The molecule has 1 aromatic carbocycles. The van der Waals surface area contributed by atoms with Crippen molar-refractivity contribution in [2.75, 3.05) is 0 Å². The van der Waals surface area contributed by atoms with Crippen molar-refractivity contribution < 1.29 is 45.8 Å². The number of thioether (sulfide) groups is 1. The summed E-state index contributed by atoms with van der Waals surface area (Å²) < 4.78 is 5.77. The monoisotopic (exact) mass is 518 g/mol. The first-order valence-electron chi connectivity index (χ1n) is 6.21. The summed E-state index contributed by atoms with van der Waals surface area (Å²) in [5.41, 5.74) is -0.693. The molecule has 0 aromatic heterocycles. The van der Waals surface area contributed by atoms with Gasteiger partial charge >= 0.3 is 31.1 Å². The third-order valence-corrected chi connectivity index (χ3v) is 3.64. The van der Waals surface area contributed by atoms with Crippen LogP contribution in [0.4, 0.5) is 0 Å². The average molecular weight is 518 g/mol. The zero-order valence-corrected chi connectivity index (χ0v) is 17.0. The Balaban J connectivity index is 0.000000830. The number of benzene rings is 1. The molecule has 3 atom stereocenters. The van der Waals surface area contributed by atoms with E-state index in [-0.39, 0.29) is 42.7 Å². The van der Waals surface area contributed by atoms with Crippen molar-refractivity contribution in [3.63, 3.8) is 0 Å². The van der Waals surface area contributed by atoms with Gasteiger partial charge in [0.2, 0.25) is 0 Å². The van der Waals surface area contributed by atoms with Gasteiger partial charge in [0.1, 0.15) is 5.44 Å². The van der Waals surface area contributed by atoms with E-state index in [1.165, 1.54) is 18.1 Å². The maximum absolute atomic E-state index is 10.0. The van der Waals surface area contributed by atoms with Gasteiger partial charge in [0.25, 0.3) is 0 Å². The first-order chi connectivity index (χ1) is 8.96. The summed E-state index contributed by atoms with van der Waals surface area (Å²) in [6, 6.07) is 10.1. The zero-order valence-electron chi connectivity index (χ0n) is 12.0. The Bertz CT molecular complexity index is 384. The minimum Gasteiger partial charge on any atom is -0.542 e. The van der Waals surface area contributed by atoms with Gasteiger partial charge in [0.05, 0.1) is 0 Å². The van der Waals surface area contributed by atoms with Crippen LogP contribution >= 0.6 is 11.8 Å². The Morgan fingerprint density at radius 3 is 2.50 bits per heavy atom. The van der Waals surface area contributed by atoms with Crippen LogP contribution in [0.15, 0.2) is 35.2 Å². The molecule has 5 heteroatoms. The molecule has 0 radical (unpaired) electrons. The SMILES string of the molecule is CC1[CH-]C(C)(O)CC(Sc2ccccc2)O1.C[C-]=O.[U+2]. The normalized spacial score (nSPS) is 28.6. The smallest absolute Gasteiger partial charge is 0.542 e. The Morgan fingerprint density at radius 1 is 1.45 bits per heavy atom. The van der Waals surface area contributed by atoms with Crippen LogP contribution in [0.2, 0.25) is 0 Å². The maximum atomic E-state index is 10.0. The number of rotatable bonds is 2. The van der Waals surface area contributed by atoms with Gasteiger partial charge in [-0.25, -0.2) is 0 Å². The van der Waals surface area contributed by atoms with Crippen molar-refractivity contribution >= 4 is 18.0 Å². The van der Waals surface area contributed by atoms with Crippen molar-refractivity contribution in [2.24, 2.45) is 0 Å². The van der Waals surface area contributed by atoms with E-state index in [2.05, 4.69) is 12.1 Å². The molecule has 20 heavy (non-hydrogen) atoms. The summed E-state index contributed by atoms with van der Waals surface area (Å²) in [6.07, 6.45) is 4.00. The molecule has 1 fully saturated rings. The molecule has 1 aliphatic rings. The summed E-state index contributed by atoms with van der Waals surface area (Å²) in [6.45, 7) is 5.12. The van der Waals surface area contributed by atoms with E-state index in [1.807, 2.05) is 38.5 Å². The Kier molecular flexibility index (Phi) is 10.1. The molecule has 108 valence electrons. The molecule has 1 aliphatic heterocycles. The molecule has 0 saturated carbocycles. The van der Waals surface area contributed by atoms with E-state index in [4.69, 9.17) is 9.53 Å². The number of aliphatic hydroxyl groups is 1. The largest absolute Gasteiger partial charge is 2.00 e. The summed E-state index contributed by atoms with van der Waals surface area (Å²) in [5, 5.41) is 10.0. The predicted octanol–water partition coefficient (Wildman–Crippen LogP) is 2.98. The first kappa shape index (κ1) is 20.2. The second kappa shape index (κ2) is 10.0. The molecule has 0 spiro atoms. The third-order valence-electron chi connectivity index (χ3n) is 2.55. The van der Waals surface area contributed by atoms with Crippen molar-refractivity contribution in [3.8, 4) is 0 Å². The summed E-state index contributed by atoms with van der Waals surface area (Å²) >= 11 is 1.67. The minimum absolute atomic E-state index is 0. The van der Waals surface area contributed by atoms with Gasteiger partial charge in [-0.2, -0.15) is 6.92 Å². The molecular formula is C15H20O3SU. The quantitative estimate of drug-likeness (QED) is 0.612. The number of hydrogen-bond acceptors (Lipinski definition) is 4. The fourth-order valence-corrected chi connectivity index (χ4v) is 3.23. The van der Waals surface area contributed by atoms with Gasteiger partial charge in [-0.3, -0.25) is 12.7 Å². The second-order valence-corrected chi connectivity index (χ2v) is 5.87. The predicted molar refractivity (Wildman–Crippen MR) is 77.5 cm³/mol. The van der Waals surface area contributed by atoms with Crippen LogP contribution in [0.3, 0.4) is 0 Å². The molecule has 0 bridgehead atoms. The number of ether oxygens (including phenoxy) is 1. The third kappa shape index (κ3) is 7.85. The van der Waals surface area contributed by atoms with E-state index >= 15 is 0 Å². The van der Waals surface area contributed by atoms with Gasteiger partial charge in [-0.05, 0) is 18.6 Å². The van der Waals surface area contributed by atoms with Crippen LogP contribution in [0, 0.1) is 37.5 Å². The van der Waals surface area contributed by atoms with Gasteiger partial charge in [-0.15, -0.1) is 0 Å². The standard InChI is InChI=1S/C13H17O2S.C2H3O.U/c1-10-8-13(2,14)9-12(15-10)16-11-6-4-3-5-7-11;1-2-3;/h3-8,10,12,14H,9H2,1-2H3;1H3;/q2*-1;+2. The van der Waals surface area contributed by atoms with Gasteiger partial charge in [-0.1, -0.05) is 55.5 Å². The van der Waals surface area contributed by atoms with E-state index in [1.54, 1.807) is 11.8 Å². The minimum atomic E-state index is -0.718. The van der Waals surface area contributed by atoms with Crippen LogP contribution in [0.1, 0.15) is 27.2 Å². The fourth-order valence-electron chi connectivity index (χ4n) is 1.96. The van der Waals surface area contributed by atoms with E-state index in [0.29, 0.717) is 6.42 Å². The van der Waals surface area contributed by atoms with Crippen molar-refractivity contribution in [3.05, 3.63) is 36.8 Å². The number of hydrogen-bond donors (Lipinski definition) is 1. The van der Waals surface area contributed by atoms with E-state index in [0.717, 1.165) is 0 Å². The summed E-state index contributed by atoms with van der Waals surface area (Å²) in [4.78, 5) is 9.86. The zero-order chi connectivity index (χ0) is 14.3. The van der Waals surface area contributed by atoms with Gasteiger partial charge < -0.3 is 14.6 Å². The van der Waals surface area contributed by atoms with Crippen LogP contribution in [0.25, 0.3) is 0 Å². The molecule has 3 nitrogen and oxygen atoms in total. The molecule has 3 unspecified atom stereocenters. The Morgan fingerprint density at radius 2 is 2.00 bits per heavy atom. The van der Waals surface area contributed by atoms with Crippen molar-refractivity contribution in [1.82, 2.24) is 0 Å². The molecule has 0 amide bonds. The van der Waals surface area contributed by atoms with Crippen molar-refractivity contribution in [1.29, 1.82) is 0 Å². The van der Waals surface area contributed by atoms with Crippen LogP contribution in [-0.4, -0.2) is 28.5 Å². The Labute approximate surface area is 149 Å². The summed E-state index contributed by atoms with van der Waals surface area (Å²) in [5.74, 6) is 0. The molecular weight excluding hydrogens is 498 g/mol. The summed E-state index contributed by atoms with van der Waals surface area (Å²) in [7, 11) is 0. The van der Waals surface area contributed by atoms with Crippen molar-refractivity contribution in [2.45, 2.75) is 49.2 Å². The topological polar surface area (TPSA) is 46.5 Å². The number of carbonyl (C=O) groups excluding carboxylic acids is 1.